The Balaban J connectivity index is 2.19. The summed E-state index contributed by atoms with van der Waals surface area (Å²) in [6, 6.07) is 3.79. The van der Waals surface area contributed by atoms with Crippen LogP contribution in [0.25, 0.3) is 11.3 Å². The van der Waals surface area contributed by atoms with Crippen LogP contribution in [0.1, 0.15) is 12.5 Å². The molecule has 0 radical (unpaired) electrons. The first kappa shape index (κ1) is 13.7. The molecule has 0 unspecified atom stereocenters. The zero-order valence-electron chi connectivity index (χ0n) is 10.9. The highest BCUT2D eigenvalue weighted by Crippen LogP contribution is 2.18. The number of pyridine rings is 1. The number of hydrogen-bond donors (Lipinski definition) is 1. The molecule has 2 heterocycles. The van der Waals surface area contributed by atoms with E-state index < -0.39 is 10.0 Å². The molecule has 2 rings (SSSR count). The van der Waals surface area contributed by atoms with Crippen molar-refractivity contribution in [2.24, 2.45) is 7.05 Å². The molecular weight excluding hydrogens is 264 g/mol. The summed E-state index contributed by atoms with van der Waals surface area (Å²) in [4.78, 5) is 4.13. The molecule has 6 nitrogen and oxygen atoms in total. The van der Waals surface area contributed by atoms with Crippen molar-refractivity contribution in [1.29, 1.82) is 0 Å². The maximum atomic E-state index is 11.4. The molecule has 7 heteroatoms. The van der Waals surface area contributed by atoms with Gasteiger partial charge in [-0.3, -0.25) is 9.67 Å². The fourth-order valence-electron chi connectivity index (χ4n) is 1.68. The monoisotopic (exact) mass is 280 g/mol. The van der Waals surface area contributed by atoms with E-state index in [1.54, 1.807) is 30.2 Å². The van der Waals surface area contributed by atoms with Gasteiger partial charge in [-0.2, -0.15) is 5.10 Å². The Labute approximate surface area is 112 Å². The molecule has 0 atom stereocenters. The van der Waals surface area contributed by atoms with Crippen LogP contribution in [0, 0.1) is 0 Å². The van der Waals surface area contributed by atoms with Gasteiger partial charge >= 0.3 is 0 Å². The molecule has 19 heavy (non-hydrogen) atoms. The summed E-state index contributed by atoms with van der Waals surface area (Å²) in [5.74, 6) is 0.0713. The van der Waals surface area contributed by atoms with Crippen molar-refractivity contribution >= 4 is 10.0 Å². The van der Waals surface area contributed by atoms with E-state index in [9.17, 15) is 8.42 Å². The van der Waals surface area contributed by atoms with Gasteiger partial charge in [-0.1, -0.05) is 0 Å². The number of hydrogen-bond acceptors (Lipinski definition) is 4. The summed E-state index contributed by atoms with van der Waals surface area (Å²) in [6.45, 7) is 1.85. The molecule has 102 valence electrons. The molecule has 0 spiro atoms. The molecular formula is C12H16N4O2S. The number of aryl methyl sites for hydroxylation is 1. The molecule has 0 fully saturated rings. The van der Waals surface area contributed by atoms with Gasteiger partial charge in [-0.25, -0.2) is 13.1 Å². The van der Waals surface area contributed by atoms with Gasteiger partial charge in [-0.05, 0) is 24.6 Å². The van der Waals surface area contributed by atoms with Crippen LogP contribution in [-0.4, -0.2) is 28.9 Å². The van der Waals surface area contributed by atoms with Crippen LogP contribution in [0.15, 0.2) is 30.7 Å². The molecule has 0 aliphatic heterocycles. The third-order valence-electron chi connectivity index (χ3n) is 2.79. The average Bonchev–Trinajstić information content (AvgIpc) is 2.83. The lowest BCUT2D eigenvalue weighted by Gasteiger charge is -2.06. The first-order valence-electron chi connectivity index (χ1n) is 5.91. The quantitative estimate of drug-likeness (QED) is 0.883. The predicted octanol–water partition coefficient (Wildman–Crippen LogP) is 0.921. The van der Waals surface area contributed by atoms with Gasteiger partial charge in [-0.15, -0.1) is 0 Å². The standard InChI is InChI=1S/C12H16N4O2S/c1-3-19(17,18)15-8-10-6-11(9-13-7-10)12-4-5-14-16(12)2/h4-7,9,15H,3,8H2,1-2H3. The first-order chi connectivity index (χ1) is 9.02. The number of rotatable bonds is 5. The maximum Gasteiger partial charge on any atom is 0.211 e. The second kappa shape index (κ2) is 5.50. The minimum atomic E-state index is -3.19. The zero-order chi connectivity index (χ0) is 13.9. The van der Waals surface area contributed by atoms with Crippen molar-refractivity contribution < 1.29 is 8.42 Å². The number of nitrogens with zero attached hydrogens (tertiary/aromatic N) is 3. The van der Waals surface area contributed by atoms with Gasteiger partial charge in [0.2, 0.25) is 10.0 Å². The highest BCUT2D eigenvalue weighted by atomic mass is 32.2. The second-order valence-corrected chi connectivity index (χ2v) is 6.24. The lowest BCUT2D eigenvalue weighted by atomic mass is 10.1. The molecule has 0 aliphatic carbocycles. The van der Waals surface area contributed by atoms with Crippen LogP contribution in [-0.2, 0) is 23.6 Å². The predicted molar refractivity (Wildman–Crippen MR) is 72.7 cm³/mol. The fraction of sp³-hybridized carbons (Fsp3) is 0.333. The Hall–Kier alpha value is -1.73. The van der Waals surface area contributed by atoms with Gasteiger partial charge in [0.1, 0.15) is 0 Å². The largest absolute Gasteiger partial charge is 0.268 e. The van der Waals surface area contributed by atoms with E-state index in [4.69, 9.17) is 0 Å². The number of aromatic nitrogens is 3. The Bertz CT molecular complexity index is 664. The SMILES string of the molecule is CCS(=O)(=O)NCc1cncc(-c2ccnn2C)c1. The van der Waals surface area contributed by atoms with Crippen LogP contribution < -0.4 is 4.72 Å². The summed E-state index contributed by atoms with van der Waals surface area (Å²) in [5, 5.41) is 4.10. The topological polar surface area (TPSA) is 76.9 Å². The minimum Gasteiger partial charge on any atom is -0.268 e. The molecule has 0 bridgehead atoms. The van der Waals surface area contributed by atoms with E-state index >= 15 is 0 Å². The normalized spacial score (nSPS) is 11.7. The van der Waals surface area contributed by atoms with Gasteiger partial charge in [0.15, 0.2) is 0 Å². The van der Waals surface area contributed by atoms with Crippen LogP contribution >= 0.6 is 0 Å². The Morgan fingerprint density at radius 1 is 1.37 bits per heavy atom. The Kier molecular flexibility index (Phi) is 3.96. The highest BCUT2D eigenvalue weighted by molar-refractivity contribution is 7.89. The van der Waals surface area contributed by atoms with Crippen molar-refractivity contribution in [1.82, 2.24) is 19.5 Å². The molecule has 0 aromatic carbocycles. The van der Waals surface area contributed by atoms with E-state index in [-0.39, 0.29) is 12.3 Å². The molecule has 0 saturated heterocycles. The maximum absolute atomic E-state index is 11.4. The number of sulfonamides is 1. The van der Waals surface area contributed by atoms with Crippen LogP contribution in [0.2, 0.25) is 0 Å². The molecule has 0 amide bonds. The number of nitrogens with one attached hydrogen (secondary N) is 1. The van der Waals surface area contributed by atoms with Crippen molar-refractivity contribution in [3.8, 4) is 11.3 Å². The van der Waals surface area contributed by atoms with E-state index in [0.29, 0.717) is 0 Å². The third-order valence-corrected chi connectivity index (χ3v) is 4.13. The van der Waals surface area contributed by atoms with Gasteiger partial charge in [0.25, 0.3) is 0 Å². The van der Waals surface area contributed by atoms with Gasteiger partial charge in [0, 0.05) is 37.7 Å². The molecule has 2 aromatic rings. The van der Waals surface area contributed by atoms with Crippen LogP contribution in [0.5, 0.6) is 0 Å². The van der Waals surface area contributed by atoms with Crippen LogP contribution in [0.4, 0.5) is 0 Å². The third kappa shape index (κ3) is 3.39. The van der Waals surface area contributed by atoms with Crippen molar-refractivity contribution in [2.75, 3.05) is 5.75 Å². The van der Waals surface area contributed by atoms with Crippen molar-refractivity contribution in [3.63, 3.8) is 0 Å². The molecule has 1 N–H and O–H groups in total. The van der Waals surface area contributed by atoms with Gasteiger partial charge < -0.3 is 0 Å². The molecule has 0 aliphatic rings. The lowest BCUT2D eigenvalue weighted by Crippen LogP contribution is -2.24. The highest BCUT2D eigenvalue weighted by Gasteiger charge is 2.08. The summed E-state index contributed by atoms with van der Waals surface area (Å²) in [6.07, 6.45) is 5.09. The van der Waals surface area contributed by atoms with E-state index in [0.717, 1.165) is 16.8 Å². The summed E-state index contributed by atoms with van der Waals surface area (Å²) < 4.78 is 27.1. The van der Waals surface area contributed by atoms with Crippen molar-refractivity contribution in [2.45, 2.75) is 13.5 Å². The van der Waals surface area contributed by atoms with Crippen LogP contribution in [0.3, 0.4) is 0 Å². The second-order valence-electron chi connectivity index (χ2n) is 4.15. The van der Waals surface area contributed by atoms with Gasteiger partial charge in [0.05, 0.1) is 11.4 Å². The minimum absolute atomic E-state index is 0.0713. The molecule has 0 saturated carbocycles. The smallest absolute Gasteiger partial charge is 0.211 e. The Morgan fingerprint density at radius 3 is 2.79 bits per heavy atom. The summed E-state index contributed by atoms with van der Waals surface area (Å²) in [7, 11) is -1.34. The lowest BCUT2D eigenvalue weighted by molar-refractivity contribution is 0.582. The average molecular weight is 280 g/mol. The molecule has 2 aromatic heterocycles. The van der Waals surface area contributed by atoms with E-state index in [1.807, 2.05) is 19.2 Å². The fourth-order valence-corrected chi connectivity index (χ4v) is 2.27. The van der Waals surface area contributed by atoms with E-state index in [1.165, 1.54) is 0 Å². The Morgan fingerprint density at radius 2 is 2.16 bits per heavy atom. The first-order valence-corrected chi connectivity index (χ1v) is 7.56. The summed E-state index contributed by atoms with van der Waals surface area (Å²) in [5.41, 5.74) is 2.66. The van der Waals surface area contributed by atoms with Crippen molar-refractivity contribution in [3.05, 3.63) is 36.3 Å². The zero-order valence-corrected chi connectivity index (χ0v) is 11.7. The summed E-state index contributed by atoms with van der Waals surface area (Å²) >= 11 is 0. The van der Waals surface area contributed by atoms with E-state index in [2.05, 4.69) is 14.8 Å².